The normalized spacial score (nSPS) is 11.3. The van der Waals surface area contributed by atoms with Crippen LogP contribution in [0.1, 0.15) is 72.1 Å². The van der Waals surface area contributed by atoms with Crippen LogP contribution in [0.25, 0.3) is 0 Å². The number of rotatable bonds is 10. The van der Waals surface area contributed by atoms with Crippen LogP contribution >= 0.6 is 0 Å². The lowest BCUT2D eigenvalue weighted by Crippen LogP contribution is -2.23. The smallest absolute Gasteiger partial charge is 0.311 e. The van der Waals surface area contributed by atoms with E-state index in [0.717, 1.165) is 12.8 Å². The quantitative estimate of drug-likeness (QED) is 0.315. The summed E-state index contributed by atoms with van der Waals surface area (Å²) in [7, 11) is 0. The van der Waals surface area contributed by atoms with Gasteiger partial charge >= 0.3 is 5.97 Å². The summed E-state index contributed by atoms with van der Waals surface area (Å²) in [5.74, 6) is -0.0908. The summed E-state index contributed by atoms with van der Waals surface area (Å²) in [6, 6.07) is 0. The molecule has 0 N–H and O–H groups in total. The first kappa shape index (κ1) is 17.2. The van der Waals surface area contributed by atoms with Crippen LogP contribution in [0.4, 0.5) is 0 Å². The Morgan fingerprint density at radius 3 is 2.00 bits per heavy atom. The zero-order chi connectivity index (χ0) is 13.9. The van der Waals surface area contributed by atoms with Crippen LogP contribution in [0.15, 0.2) is 12.7 Å². The molecule has 0 rings (SSSR count). The van der Waals surface area contributed by atoms with E-state index in [-0.39, 0.29) is 11.4 Å². The van der Waals surface area contributed by atoms with Gasteiger partial charge in [0.1, 0.15) is 0 Å². The van der Waals surface area contributed by atoms with E-state index in [2.05, 4.69) is 6.58 Å². The molecule has 18 heavy (non-hydrogen) atoms. The third kappa shape index (κ3) is 10.4. The minimum Gasteiger partial charge on any atom is -0.465 e. The van der Waals surface area contributed by atoms with Crippen molar-refractivity contribution in [1.82, 2.24) is 0 Å². The molecular weight excluding hydrogens is 224 g/mol. The Bertz CT molecular complexity index is 226. The fourth-order valence-electron chi connectivity index (χ4n) is 1.66. The SMILES string of the molecule is C=CCCCCCCCCCOC(=O)C(C)(C)C. The molecule has 0 atom stereocenters. The summed E-state index contributed by atoms with van der Waals surface area (Å²) < 4.78 is 5.22. The summed E-state index contributed by atoms with van der Waals surface area (Å²) in [4.78, 5) is 11.5. The lowest BCUT2D eigenvalue weighted by atomic mass is 9.97. The number of hydrogen-bond acceptors (Lipinski definition) is 2. The molecule has 0 aromatic heterocycles. The Balaban J connectivity index is 3.21. The first-order valence-corrected chi connectivity index (χ1v) is 7.26. The summed E-state index contributed by atoms with van der Waals surface area (Å²) in [5.41, 5.74) is -0.370. The number of carbonyl (C=O) groups excluding carboxylic acids is 1. The molecule has 0 saturated heterocycles. The van der Waals surface area contributed by atoms with E-state index in [1.165, 1.54) is 38.5 Å². The van der Waals surface area contributed by atoms with Crippen molar-refractivity contribution in [3.05, 3.63) is 12.7 Å². The van der Waals surface area contributed by atoms with Gasteiger partial charge in [-0.25, -0.2) is 0 Å². The average Bonchev–Trinajstić information content (AvgIpc) is 2.30. The number of esters is 1. The molecule has 0 bridgehead atoms. The largest absolute Gasteiger partial charge is 0.465 e. The number of ether oxygens (including phenoxy) is 1. The second kappa shape index (κ2) is 10.2. The molecule has 0 radical (unpaired) electrons. The van der Waals surface area contributed by atoms with Crippen molar-refractivity contribution < 1.29 is 9.53 Å². The number of carbonyl (C=O) groups is 1. The topological polar surface area (TPSA) is 26.3 Å². The molecule has 0 saturated carbocycles. The van der Waals surface area contributed by atoms with Crippen LogP contribution in [-0.2, 0) is 9.53 Å². The van der Waals surface area contributed by atoms with E-state index < -0.39 is 0 Å². The highest BCUT2D eigenvalue weighted by Gasteiger charge is 2.22. The third-order valence-corrected chi connectivity index (χ3v) is 2.90. The molecule has 2 heteroatoms. The van der Waals surface area contributed by atoms with Crippen molar-refractivity contribution in [2.75, 3.05) is 6.61 Å². The van der Waals surface area contributed by atoms with E-state index in [0.29, 0.717) is 6.61 Å². The van der Waals surface area contributed by atoms with E-state index in [1.807, 2.05) is 26.8 Å². The number of allylic oxidation sites excluding steroid dienone is 1. The maximum absolute atomic E-state index is 11.5. The van der Waals surface area contributed by atoms with Crippen LogP contribution in [-0.4, -0.2) is 12.6 Å². The fraction of sp³-hybridized carbons (Fsp3) is 0.812. The van der Waals surface area contributed by atoms with Gasteiger partial charge in [0, 0.05) is 0 Å². The first-order valence-electron chi connectivity index (χ1n) is 7.26. The van der Waals surface area contributed by atoms with Crippen LogP contribution in [0.5, 0.6) is 0 Å². The second-order valence-electron chi connectivity index (χ2n) is 5.94. The van der Waals surface area contributed by atoms with Crippen LogP contribution in [0.3, 0.4) is 0 Å². The molecule has 0 spiro atoms. The van der Waals surface area contributed by atoms with Gasteiger partial charge in [0.05, 0.1) is 12.0 Å². The van der Waals surface area contributed by atoms with Crippen molar-refractivity contribution in [2.24, 2.45) is 5.41 Å². The minimum absolute atomic E-state index is 0.0908. The molecule has 0 amide bonds. The van der Waals surface area contributed by atoms with Gasteiger partial charge < -0.3 is 4.74 Å². The summed E-state index contributed by atoms with van der Waals surface area (Å²) >= 11 is 0. The van der Waals surface area contributed by atoms with Gasteiger partial charge in [-0.2, -0.15) is 0 Å². The Hall–Kier alpha value is -0.790. The van der Waals surface area contributed by atoms with Crippen molar-refractivity contribution in [2.45, 2.75) is 72.1 Å². The Labute approximate surface area is 113 Å². The van der Waals surface area contributed by atoms with Crippen molar-refractivity contribution in [3.8, 4) is 0 Å². The zero-order valence-corrected chi connectivity index (χ0v) is 12.5. The predicted molar refractivity (Wildman–Crippen MR) is 77.5 cm³/mol. The van der Waals surface area contributed by atoms with E-state index >= 15 is 0 Å². The van der Waals surface area contributed by atoms with E-state index in [4.69, 9.17) is 4.74 Å². The molecule has 2 nitrogen and oxygen atoms in total. The van der Waals surface area contributed by atoms with Crippen LogP contribution in [0.2, 0.25) is 0 Å². The van der Waals surface area contributed by atoms with Gasteiger partial charge in [-0.15, -0.1) is 6.58 Å². The maximum Gasteiger partial charge on any atom is 0.311 e. The van der Waals surface area contributed by atoms with E-state index in [1.54, 1.807) is 0 Å². The Kier molecular flexibility index (Phi) is 9.72. The highest BCUT2D eigenvalue weighted by molar-refractivity contribution is 5.75. The highest BCUT2D eigenvalue weighted by Crippen LogP contribution is 2.15. The van der Waals surface area contributed by atoms with Gasteiger partial charge in [0.25, 0.3) is 0 Å². The highest BCUT2D eigenvalue weighted by atomic mass is 16.5. The first-order chi connectivity index (χ1) is 8.48. The van der Waals surface area contributed by atoms with Gasteiger partial charge in [0.2, 0.25) is 0 Å². The van der Waals surface area contributed by atoms with E-state index in [9.17, 15) is 4.79 Å². The molecule has 0 aromatic carbocycles. The molecule has 0 aliphatic carbocycles. The monoisotopic (exact) mass is 254 g/mol. The molecule has 0 aromatic rings. The van der Waals surface area contributed by atoms with Gasteiger partial charge in [-0.05, 0) is 40.0 Å². The maximum atomic E-state index is 11.5. The summed E-state index contributed by atoms with van der Waals surface area (Å²) in [6.07, 6.45) is 11.7. The predicted octanol–water partition coefficient (Wildman–Crippen LogP) is 4.88. The van der Waals surface area contributed by atoms with Crippen molar-refractivity contribution in [3.63, 3.8) is 0 Å². The van der Waals surface area contributed by atoms with Gasteiger partial charge in [0.15, 0.2) is 0 Å². The standard InChI is InChI=1S/C16H30O2/c1-5-6-7-8-9-10-11-12-13-14-18-15(17)16(2,3)4/h5H,1,6-14H2,2-4H3. The zero-order valence-electron chi connectivity index (χ0n) is 12.5. The third-order valence-electron chi connectivity index (χ3n) is 2.90. The molecule has 0 unspecified atom stereocenters. The van der Waals surface area contributed by atoms with Crippen LogP contribution < -0.4 is 0 Å². The molecular formula is C16H30O2. The molecule has 0 heterocycles. The Morgan fingerprint density at radius 1 is 1.00 bits per heavy atom. The summed E-state index contributed by atoms with van der Waals surface area (Å²) in [5, 5.41) is 0. The average molecular weight is 254 g/mol. The number of unbranched alkanes of at least 4 members (excludes halogenated alkanes) is 7. The van der Waals surface area contributed by atoms with Gasteiger partial charge in [-0.3, -0.25) is 4.79 Å². The lowest BCUT2D eigenvalue weighted by Gasteiger charge is -2.16. The second-order valence-corrected chi connectivity index (χ2v) is 5.94. The molecule has 0 aliphatic rings. The summed E-state index contributed by atoms with van der Waals surface area (Å²) in [6.45, 7) is 9.96. The van der Waals surface area contributed by atoms with Gasteiger partial charge in [-0.1, -0.05) is 38.2 Å². The fourth-order valence-corrected chi connectivity index (χ4v) is 1.66. The minimum atomic E-state index is -0.370. The Morgan fingerprint density at radius 2 is 1.50 bits per heavy atom. The van der Waals surface area contributed by atoms with Crippen molar-refractivity contribution >= 4 is 5.97 Å². The molecule has 0 aliphatic heterocycles. The van der Waals surface area contributed by atoms with Crippen LogP contribution in [0, 0.1) is 5.41 Å². The van der Waals surface area contributed by atoms with Crippen molar-refractivity contribution in [1.29, 1.82) is 0 Å². The lowest BCUT2D eigenvalue weighted by molar-refractivity contribution is -0.153. The number of hydrogen-bond donors (Lipinski definition) is 0. The molecule has 0 fully saturated rings. The molecule has 106 valence electrons.